The lowest BCUT2D eigenvalue weighted by Crippen LogP contribution is -2.02. The van der Waals surface area contributed by atoms with Crippen molar-refractivity contribution in [3.63, 3.8) is 0 Å². The summed E-state index contributed by atoms with van der Waals surface area (Å²) in [6.07, 6.45) is 10.8. The molecule has 0 spiro atoms. The number of anilines is 3. The second-order valence-corrected chi connectivity index (χ2v) is 6.64. The van der Waals surface area contributed by atoms with Crippen molar-refractivity contribution in [3.05, 3.63) is 96.1 Å². The van der Waals surface area contributed by atoms with E-state index in [1.54, 1.807) is 18.6 Å². The van der Waals surface area contributed by atoms with Crippen LogP contribution in [0.5, 0.6) is 0 Å². The van der Waals surface area contributed by atoms with Gasteiger partial charge in [-0.1, -0.05) is 30.4 Å². The van der Waals surface area contributed by atoms with E-state index < -0.39 is 0 Å². The summed E-state index contributed by atoms with van der Waals surface area (Å²) >= 11 is 0. The van der Waals surface area contributed by atoms with Gasteiger partial charge >= 0.3 is 0 Å². The van der Waals surface area contributed by atoms with Gasteiger partial charge in [0.15, 0.2) is 0 Å². The third kappa shape index (κ3) is 6.83. The van der Waals surface area contributed by atoms with Gasteiger partial charge in [-0.15, -0.1) is 0 Å². The van der Waals surface area contributed by atoms with Crippen molar-refractivity contribution in [1.29, 1.82) is 0 Å². The van der Waals surface area contributed by atoms with E-state index in [0.717, 1.165) is 28.2 Å². The Morgan fingerprint density at radius 1 is 0.897 bits per heavy atom. The summed E-state index contributed by atoms with van der Waals surface area (Å²) in [5.74, 6) is 0. The highest BCUT2D eigenvalue weighted by Crippen LogP contribution is 2.22. The van der Waals surface area contributed by atoms with E-state index in [4.69, 9.17) is 10.8 Å². The molecule has 0 fully saturated rings. The molecule has 0 saturated heterocycles. The zero-order valence-corrected chi connectivity index (χ0v) is 16.3. The lowest BCUT2D eigenvalue weighted by molar-refractivity contribution is 0.288. The van der Waals surface area contributed by atoms with Crippen molar-refractivity contribution in [2.75, 3.05) is 17.2 Å². The lowest BCUT2D eigenvalue weighted by Gasteiger charge is -2.10. The zero-order chi connectivity index (χ0) is 20.3. The van der Waals surface area contributed by atoms with E-state index in [9.17, 15) is 0 Å². The Hall–Kier alpha value is -3.57. The molecule has 0 saturated carbocycles. The van der Waals surface area contributed by atoms with Crippen LogP contribution in [0.3, 0.4) is 0 Å². The van der Waals surface area contributed by atoms with Gasteiger partial charge in [-0.2, -0.15) is 0 Å². The highest BCUT2D eigenvalue weighted by atomic mass is 16.2. The number of allylic oxidation sites excluding steroid dienone is 1. The molecule has 3 aromatic rings. The number of rotatable bonds is 9. The van der Waals surface area contributed by atoms with E-state index in [1.165, 1.54) is 0 Å². The average molecular weight is 386 g/mol. The van der Waals surface area contributed by atoms with Gasteiger partial charge in [0.05, 0.1) is 0 Å². The number of hydrogen-bond donors (Lipinski definition) is 4. The predicted molar refractivity (Wildman–Crippen MR) is 122 cm³/mol. The van der Waals surface area contributed by atoms with Gasteiger partial charge < -0.3 is 21.5 Å². The molecule has 3 rings (SSSR count). The number of nitrogens with one attached hydrogen (secondary N) is 2. The first-order chi connectivity index (χ1) is 14.2. The van der Waals surface area contributed by atoms with Crippen LogP contribution in [0, 0.1) is 0 Å². The van der Waals surface area contributed by atoms with Crippen LogP contribution in [0.25, 0.3) is 12.2 Å². The topological polar surface area (TPSA) is 83.2 Å². The number of benzene rings is 2. The van der Waals surface area contributed by atoms with Gasteiger partial charge in [-0.3, -0.25) is 4.98 Å². The van der Waals surface area contributed by atoms with Crippen LogP contribution in [0.15, 0.2) is 85.0 Å². The molecule has 1 heterocycles. The molecule has 0 aliphatic heterocycles. The first kappa shape index (κ1) is 20.2. The number of aliphatic hydroxyl groups excluding tert-OH is 1. The normalized spacial score (nSPS) is 11.6. The number of aliphatic hydroxyl groups is 1. The van der Waals surface area contributed by atoms with Crippen molar-refractivity contribution < 1.29 is 5.11 Å². The third-order valence-electron chi connectivity index (χ3n) is 4.26. The standard InChI is InChI=1S/C24H26N4O/c25-21(5-3-15-29)18-27-22-6-2-8-24(17-22)28-23-7-1-4-20(16-23)10-9-19-11-13-26-14-12-19/h1-2,4,6-14,16-18,27-29H,3,5,15,25H2/b10-9+,21-18-. The summed E-state index contributed by atoms with van der Waals surface area (Å²) < 4.78 is 0. The Labute approximate surface area is 171 Å². The van der Waals surface area contributed by atoms with Crippen molar-refractivity contribution in [2.45, 2.75) is 12.8 Å². The van der Waals surface area contributed by atoms with E-state index in [2.05, 4.69) is 39.9 Å². The summed E-state index contributed by atoms with van der Waals surface area (Å²) in [6, 6.07) is 20.2. The lowest BCUT2D eigenvalue weighted by atomic mass is 10.1. The summed E-state index contributed by atoms with van der Waals surface area (Å²) in [7, 11) is 0. The van der Waals surface area contributed by atoms with Gasteiger partial charge in [0.25, 0.3) is 0 Å². The summed E-state index contributed by atoms with van der Waals surface area (Å²) in [6.45, 7) is 0.144. The molecule has 29 heavy (non-hydrogen) atoms. The Kier molecular flexibility index (Phi) is 7.43. The van der Waals surface area contributed by atoms with Crippen LogP contribution in [-0.4, -0.2) is 16.7 Å². The van der Waals surface area contributed by atoms with E-state index >= 15 is 0 Å². The number of nitrogens with zero attached hydrogens (tertiary/aromatic N) is 1. The van der Waals surface area contributed by atoms with Crippen LogP contribution < -0.4 is 16.4 Å². The predicted octanol–water partition coefficient (Wildman–Crippen LogP) is 4.98. The first-order valence-corrected chi connectivity index (χ1v) is 9.60. The Morgan fingerprint density at radius 2 is 1.59 bits per heavy atom. The molecule has 0 atom stereocenters. The van der Waals surface area contributed by atoms with Gasteiger partial charge in [-0.05, 0) is 66.4 Å². The maximum atomic E-state index is 8.87. The SMILES string of the molecule is N/C(=C\Nc1cccc(Nc2cccc(/C=C/c3ccncc3)c2)c1)CCCO. The van der Waals surface area contributed by atoms with Crippen LogP contribution in [0.1, 0.15) is 24.0 Å². The van der Waals surface area contributed by atoms with Crippen molar-refractivity contribution >= 4 is 29.2 Å². The van der Waals surface area contributed by atoms with Crippen molar-refractivity contribution in [3.8, 4) is 0 Å². The molecule has 1 aromatic heterocycles. The molecular weight excluding hydrogens is 360 g/mol. The molecule has 0 bridgehead atoms. The summed E-state index contributed by atoms with van der Waals surface area (Å²) in [4.78, 5) is 4.03. The molecular formula is C24H26N4O. The van der Waals surface area contributed by atoms with Crippen LogP contribution in [-0.2, 0) is 0 Å². The fourth-order valence-corrected chi connectivity index (χ4v) is 2.77. The molecule has 148 valence electrons. The van der Waals surface area contributed by atoms with Crippen LogP contribution in [0.2, 0.25) is 0 Å². The highest BCUT2D eigenvalue weighted by molar-refractivity contribution is 5.73. The van der Waals surface area contributed by atoms with E-state index in [-0.39, 0.29) is 6.61 Å². The summed E-state index contributed by atoms with van der Waals surface area (Å²) in [5.41, 5.74) is 11.8. The van der Waals surface area contributed by atoms with Crippen LogP contribution >= 0.6 is 0 Å². The third-order valence-corrected chi connectivity index (χ3v) is 4.26. The Bertz CT molecular complexity index is 967. The number of hydrogen-bond acceptors (Lipinski definition) is 5. The molecule has 0 amide bonds. The Morgan fingerprint density at radius 3 is 2.38 bits per heavy atom. The molecule has 0 unspecified atom stereocenters. The largest absolute Gasteiger partial charge is 0.401 e. The monoisotopic (exact) mass is 386 g/mol. The van der Waals surface area contributed by atoms with Crippen molar-refractivity contribution in [1.82, 2.24) is 4.98 Å². The van der Waals surface area contributed by atoms with Crippen LogP contribution in [0.4, 0.5) is 17.1 Å². The fourth-order valence-electron chi connectivity index (χ4n) is 2.77. The van der Waals surface area contributed by atoms with Gasteiger partial charge in [0.1, 0.15) is 0 Å². The van der Waals surface area contributed by atoms with Crippen molar-refractivity contribution in [2.24, 2.45) is 5.73 Å². The maximum Gasteiger partial charge on any atom is 0.0434 e. The van der Waals surface area contributed by atoms with Gasteiger partial charge in [0.2, 0.25) is 0 Å². The molecule has 5 N–H and O–H groups in total. The highest BCUT2D eigenvalue weighted by Gasteiger charge is 1.98. The quantitative estimate of drug-likeness (QED) is 0.417. The zero-order valence-electron chi connectivity index (χ0n) is 16.3. The first-order valence-electron chi connectivity index (χ1n) is 9.60. The minimum Gasteiger partial charge on any atom is -0.401 e. The smallest absolute Gasteiger partial charge is 0.0434 e. The second kappa shape index (κ2) is 10.7. The second-order valence-electron chi connectivity index (χ2n) is 6.64. The maximum absolute atomic E-state index is 8.87. The number of aromatic nitrogens is 1. The molecule has 2 aromatic carbocycles. The molecule has 0 radical (unpaired) electrons. The number of pyridine rings is 1. The summed E-state index contributed by atoms with van der Waals surface area (Å²) in [5, 5.41) is 15.5. The minimum absolute atomic E-state index is 0.144. The van der Waals surface area contributed by atoms with Gasteiger partial charge in [-0.25, -0.2) is 0 Å². The van der Waals surface area contributed by atoms with E-state index in [1.807, 2.05) is 48.5 Å². The molecule has 0 aliphatic carbocycles. The molecule has 0 aliphatic rings. The average Bonchev–Trinajstić information content (AvgIpc) is 2.76. The van der Waals surface area contributed by atoms with E-state index in [0.29, 0.717) is 18.5 Å². The molecule has 5 nitrogen and oxygen atoms in total. The number of nitrogens with two attached hydrogens (primary N) is 1. The van der Waals surface area contributed by atoms with Gasteiger partial charge in [0, 0.05) is 48.0 Å². The Balaban J connectivity index is 1.65. The minimum atomic E-state index is 0.144. The molecule has 5 heteroatoms. The fraction of sp³-hybridized carbons (Fsp3) is 0.125.